The van der Waals surface area contributed by atoms with E-state index in [9.17, 15) is 9.59 Å². The van der Waals surface area contributed by atoms with Crippen LogP contribution in [0.25, 0.3) is 0 Å². The largest absolute Gasteiger partial charge is 0.484 e. The van der Waals surface area contributed by atoms with Gasteiger partial charge in [-0.2, -0.15) is 0 Å². The summed E-state index contributed by atoms with van der Waals surface area (Å²) < 4.78 is 10.8. The third-order valence-electron chi connectivity index (χ3n) is 4.55. The highest BCUT2D eigenvalue weighted by Crippen LogP contribution is 2.13. The van der Waals surface area contributed by atoms with Gasteiger partial charge < -0.3 is 25.4 Å². The molecule has 0 bridgehead atoms. The number of rotatable bonds is 8. The number of carbonyl (C=O) groups is 2. The molecule has 1 aliphatic rings. The van der Waals surface area contributed by atoms with Gasteiger partial charge in [-0.1, -0.05) is 24.3 Å². The van der Waals surface area contributed by atoms with Crippen molar-refractivity contribution < 1.29 is 19.1 Å². The number of nitrogens with one attached hydrogen (secondary N) is 3. The van der Waals surface area contributed by atoms with Crippen LogP contribution >= 0.6 is 12.4 Å². The molecule has 3 N–H and O–H groups in total. The Kier molecular flexibility index (Phi) is 9.60. The maximum absolute atomic E-state index is 12.0. The van der Waals surface area contributed by atoms with Crippen molar-refractivity contribution in [1.82, 2.24) is 10.6 Å². The fourth-order valence-electron chi connectivity index (χ4n) is 3.01. The molecular formula is C22H28ClN3O4. The fraction of sp³-hybridized carbons (Fsp3) is 0.364. The maximum Gasteiger partial charge on any atom is 0.262 e. The molecule has 0 aromatic heterocycles. The van der Waals surface area contributed by atoms with Gasteiger partial charge >= 0.3 is 0 Å². The number of aryl methyl sites for hydroxylation is 1. The Labute approximate surface area is 182 Å². The van der Waals surface area contributed by atoms with Crippen LogP contribution in [0.5, 0.6) is 5.75 Å². The molecule has 1 saturated heterocycles. The van der Waals surface area contributed by atoms with E-state index in [2.05, 4.69) is 16.0 Å². The van der Waals surface area contributed by atoms with Gasteiger partial charge in [0.1, 0.15) is 11.8 Å². The zero-order valence-corrected chi connectivity index (χ0v) is 17.8. The van der Waals surface area contributed by atoms with Gasteiger partial charge in [-0.05, 0) is 48.7 Å². The molecule has 30 heavy (non-hydrogen) atoms. The van der Waals surface area contributed by atoms with E-state index in [1.54, 1.807) is 0 Å². The summed E-state index contributed by atoms with van der Waals surface area (Å²) in [6.07, 6.45) is 0.716. The standard InChI is InChI=1S/C22H27N3O4.ClH/c1-16-3-2-4-18(13-16)25-21(26)15-29-19-7-5-17(6-8-19)9-10-24-22(27)20-14-28-12-11-23-20;/h2-8,13,20,23H,9-12,14-15H2,1H3,(H,24,27)(H,25,26);1H. The third kappa shape index (κ3) is 7.67. The maximum atomic E-state index is 12.0. The molecule has 1 unspecified atom stereocenters. The minimum absolute atomic E-state index is 0. The van der Waals surface area contributed by atoms with Gasteiger partial charge in [0.2, 0.25) is 5.91 Å². The number of hydrogen-bond donors (Lipinski definition) is 3. The lowest BCUT2D eigenvalue weighted by Gasteiger charge is -2.22. The van der Waals surface area contributed by atoms with Crippen LogP contribution in [0.1, 0.15) is 11.1 Å². The van der Waals surface area contributed by atoms with Gasteiger partial charge in [0, 0.05) is 18.8 Å². The van der Waals surface area contributed by atoms with Crippen LogP contribution in [0.15, 0.2) is 48.5 Å². The van der Waals surface area contributed by atoms with Gasteiger partial charge in [-0.15, -0.1) is 12.4 Å². The Morgan fingerprint density at radius 3 is 2.70 bits per heavy atom. The Balaban J connectivity index is 0.00000320. The van der Waals surface area contributed by atoms with Crippen LogP contribution in [-0.4, -0.2) is 50.8 Å². The van der Waals surface area contributed by atoms with Gasteiger partial charge in [0.25, 0.3) is 5.91 Å². The van der Waals surface area contributed by atoms with Gasteiger partial charge in [-0.25, -0.2) is 0 Å². The predicted octanol–water partition coefficient (Wildman–Crippen LogP) is 2.08. The molecule has 1 atom stereocenters. The van der Waals surface area contributed by atoms with Crippen LogP contribution in [0.4, 0.5) is 5.69 Å². The number of carbonyl (C=O) groups excluding carboxylic acids is 2. The molecule has 3 rings (SSSR count). The number of morpholine rings is 1. The summed E-state index contributed by atoms with van der Waals surface area (Å²) in [5.74, 6) is 0.382. The van der Waals surface area contributed by atoms with E-state index in [4.69, 9.17) is 9.47 Å². The van der Waals surface area contributed by atoms with Crippen LogP contribution in [0.3, 0.4) is 0 Å². The van der Waals surface area contributed by atoms with Crippen LogP contribution in [-0.2, 0) is 20.7 Å². The highest BCUT2D eigenvalue weighted by atomic mass is 35.5. The number of anilines is 1. The Morgan fingerprint density at radius 1 is 1.20 bits per heavy atom. The summed E-state index contributed by atoms with van der Waals surface area (Å²) in [5, 5.41) is 8.86. The SMILES string of the molecule is Cc1cccc(NC(=O)COc2ccc(CCNC(=O)C3COCCN3)cc2)c1.Cl. The Morgan fingerprint density at radius 2 is 2.00 bits per heavy atom. The fourth-order valence-corrected chi connectivity index (χ4v) is 3.01. The molecule has 2 amide bonds. The molecule has 2 aromatic carbocycles. The normalized spacial score (nSPS) is 15.6. The highest BCUT2D eigenvalue weighted by Gasteiger charge is 2.20. The molecular weight excluding hydrogens is 406 g/mol. The summed E-state index contributed by atoms with van der Waals surface area (Å²) in [6, 6.07) is 14.9. The molecule has 0 spiro atoms. The second-order valence-corrected chi connectivity index (χ2v) is 6.97. The van der Waals surface area contributed by atoms with E-state index in [1.807, 2.05) is 55.5 Å². The quantitative estimate of drug-likeness (QED) is 0.593. The number of halogens is 1. The van der Waals surface area contributed by atoms with Gasteiger partial charge in [0.05, 0.1) is 13.2 Å². The molecule has 0 saturated carbocycles. The van der Waals surface area contributed by atoms with Gasteiger partial charge in [-0.3, -0.25) is 9.59 Å². The topological polar surface area (TPSA) is 88.7 Å². The van der Waals surface area contributed by atoms with Crippen molar-refractivity contribution in [3.05, 3.63) is 59.7 Å². The average Bonchev–Trinajstić information content (AvgIpc) is 2.74. The molecule has 162 valence electrons. The van der Waals surface area contributed by atoms with Crippen molar-refractivity contribution in [3.8, 4) is 5.75 Å². The van der Waals surface area contributed by atoms with Crippen molar-refractivity contribution in [2.45, 2.75) is 19.4 Å². The van der Waals surface area contributed by atoms with Gasteiger partial charge in [0.15, 0.2) is 6.61 Å². The van der Waals surface area contributed by atoms with Crippen LogP contribution in [0.2, 0.25) is 0 Å². The van der Waals surface area contributed by atoms with Crippen molar-refractivity contribution in [3.63, 3.8) is 0 Å². The predicted molar refractivity (Wildman–Crippen MR) is 118 cm³/mol. The highest BCUT2D eigenvalue weighted by molar-refractivity contribution is 5.91. The molecule has 0 aliphatic carbocycles. The molecule has 1 fully saturated rings. The molecule has 2 aromatic rings. The molecule has 8 heteroatoms. The Hall–Kier alpha value is -2.61. The van der Waals surface area contributed by atoms with E-state index < -0.39 is 0 Å². The number of hydrogen-bond acceptors (Lipinski definition) is 5. The Bertz CT molecular complexity index is 823. The zero-order chi connectivity index (χ0) is 20.5. The number of ether oxygens (including phenoxy) is 2. The second-order valence-electron chi connectivity index (χ2n) is 6.97. The van der Waals surface area contributed by atoms with E-state index >= 15 is 0 Å². The van der Waals surface area contributed by atoms with E-state index in [0.29, 0.717) is 38.5 Å². The smallest absolute Gasteiger partial charge is 0.262 e. The molecule has 0 radical (unpaired) electrons. The summed E-state index contributed by atoms with van der Waals surface area (Å²) in [6.45, 7) is 4.22. The van der Waals surface area contributed by atoms with Crippen molar-refractivity contribution in [1.29, 1.82) is 0 Å². The number of amides is 2. The first kappa shape index (κ1) is 23.7. The lowest BCUT2D eigenvalue weighted by molar-refractivity contribution is -0.125. The zero-order valence-electron chi connectivity index (χ0n) is 17.0. The third-order valence-corrected chi connectivity index (χ3v) is 4.55. The van der Waals surface area contributed by atoms with Crippen LogP contribution < -0.4 is 20.7 Å². The summed E-state index contributed by atoms with van der Waals surface area (Å²) in [4.78, 5) is 24.0. The second kappa shape index (κ2) is 12.2. The van der Waals surface area contributed by atoms with Crippen molar-refractivity contribution in [2.24, 2.45) is 0 Å². The van der Waals surface area contributed by atoms with Crippen molar-refractivity contribution >= 4 is 29.9 Å². The minimum atomic E-state index is -0.273. The first-order valence-electron chi connectivity index (χ1n) is 9.77. The lowest BCUT2D eigenvalue weighted by atomic mass is 10.1. The van der Waals surface area contributed by atoms with Crippen LogP contribution in [0, 0.1) is 6.92 Å². The minimum Gasteiger partial charge on any atom is -0.484 e. The lowest BCUT2D eigenvalue weighted by Crippen LogP contribution is -2.51. The molecule has 1 heterocycles. The summed E-state index contributed by atoms with van der Waals surface area (Å²) in [5.41, 5.74) is 2.92. The van der Waals surface area contributed by atoms with E-state index in [0.717, 1.165) is 16.8 Å². The first-order valence-corrected chi connectivity index (χ1v) is 9.77. The monoisotopic (exact) mass is 433 g/mol. The molecule has 7 nitrogen and oxygen atoms in total. The summed E-state index contributed by atoms with van der Waals surface area (Å²) >= 11 is 0. The van der Waals surface area contributed by atoms with E-state index in [-0.39, 0.29) is 36.9 Å². The van der Waals surface area contributed by atoms with E-state index in [1.165, 1.54) is 0 Å². The molecule has 1 aliphatic heterocycles. The number of benzene rings is 2. The van der Waals surface area contributed by atoms with Crippen molar-refractivity contribution in [2.75, 3.05) is 38.2 Å². The average molecular weight is 434 g/mol. The first-order chi connectivity index (χ1) is 14.1. The summed E-state index contributed by atoms with van der Waals surface area (Å²) in [7, 11) is 0.